The molecule has 2 aliphatic heterocycles. The van der Waals surface area contributed by atoms with Crippen LogP contribution in [0.15, 0.2) is 76.9 Å². The highest BCUT2D eigenvalue weighted by Crippen LogP contribution is 2.55. The monoisotopic (exact) mass is 974 g/mol. The molecule has 14 nitrogen and oxygen atoms in total. The maximum absolute atomic E-state index is 14.3. The van der Waals surface area contributed by atoms with Crippen molar-refractivity contribution in [1.29, 1.82) is 5.26 Å². The third-order valence-corrected chi connectivity index (χ3v) is 15.9. The molecule has 3 fully saturated rings. The number of rotatable bonds is 16. The van der Waals surface area contributed by atoms with E-state index in [9.17, 15) is 24.8 Å². The molecule has 2 saturated heterocycles. The molecule has 5 aromatic rings. The van der Waals surface area contributed by atoms with Gasteiger partial charge in [-0.25, -0.2) is 9.97 Å². The first-order valence-corrected chi connectivity index (χ1v) is 25.2. The van der Waals surface area contributed by atoms with Gasteiger partial charge in [0.2, 0.25) is 5.91 Å². The molecular weight excluding hydrogens is 912 g/mol. The summed E-state index contributed by atoms with van der Waals surface area (Å²) in [6, 6.07) is 20.1. The van der Waals surface area contributed by atoms with Crippen molar-refractivity contribution in [2.75, 3.05) is 44.2 Å². The van der Waals surface area contributed by atoms with Gasteiger partial charge in [-0.2, -0.15) is 5.26 Å². The molecule has 0 bridgehead atoms. The number of piperazine rings is 1. The van der Waals surface area contributed by atoms with E-state index in [1.54, 1.807) is 40.6 Å². The van der Waals surface area contributed by atoms with Gasteiger partial charge in [0, 0.05) is 93.7 Å². The number of carbonyl (C=O) groups excluding carboxylic acids is 3. The summed E-state index contributed by atoms with van der Waals surface area (Å²) in [6.07, 6.45) is 1.76. The van der Waals surface area contributed by atoms with E-state index in [0.717, 1.165) is 65.9 Å². The Balaban J connectivity index is 0.804. The van der Waals surface area contributed by atoms with Crippen molar-refractivity contribution < 1.29 is 28.8 Å². The number of nitrogens with one attached hydrogen (secondary N) is 1. The van der Waals surface area contributed by atoms with Crippen LogP contribution in [0.4, 0.5) is 5.82 Å². The molecule has 3 aliphatic rings. The van der Waals surface area contributed by atoms with E-state index >= 15 is 0 Å². The normalized spacial score (nSPS) is 21.9. The van der Waals surface area contributed by atoms with E-state index in [2.05, 4.69) is 88.3 Å². The molecule has 3 aromatic heterocycles. The van der Waals surface area contributed by atoms with Gasteiger partial charge < -0.3 is 29.5 Å². The fourth-order valence-corrected chi connectivity index (χ4v) is 12.0. The number of carbonyl (C=O) groups is 3. The first-order chi connectivity index (χ1) is 32.8. The number of aliphatic hydroxyl groups is 1. The first kappa shape index (κ1) is 49.8. The number of pyridine rings is 1. The minimum atomic E-state index is -0.779. The molecule has 1 unspecified atom stereocenters. The number of nitrogens with zero attached hydrogens (tertiary/aromatic N) is 7. The minimum absolute atomic E-state index is 0.0563. The number of ether oxygens (including phenoxy) is 1. The molecule has 2 amide bonds. The van der Waals surface area contributed by atoms with Crippen LogP contribution in [0.2, 0.25) is 5.02 Å². The van der Waals surface area contributed by atoms with Crippen molar-refractivity contribution in [2.45, 2.75) is 111 Å². The summed E-state index contributed by atoms with van der Waals surface area (Å²) < 4.78 is 12.2. The number of aromatic nitrogens is 3. The number of hydrogen-bond acceptors (Lipinski definition) is 13. The molecular formula is C53H63ClN8O6S. The Kier molecular flexibility index (Phi) is 14.7. The van der Waals surface area contributed by atoms with Crippen LogP contribution in [-0.4, -0.2) is 111 Å². The summed E-state index contributed by atoms with van der Waals surface area (Å²) in [6.45, 7) is 20.3. The molecule has 1 aliphatic carbocycles. The molecule has 1 saturated carbocycles. The van der Waals surface area contributed by atoms with Gasteiger partial charge in [-0.05, 0) is 54.2 Å². The smallest absolute Gasteiger partial charge is 0.253 e. The van der Waals surface area contributed by atoms with Crippen molar-refractivity contribution in [3.8, 4) is 22.3 Å². The van der Waals surface area contributed by atoms with Crippen molar-refractivity contribution in [1.82, 2.24) is 30.2 Å². The first-order valence-electron chi connectivity index (χ1n) is 23.9. The maximum Gasteiger partial charge on any atom is 0.253 e. The number of aryl methyl sites for hydroxylation is 1. The van der Waals surface area contributed by atoms with Crippen LogP contribution in [0.3, 0.4) is 0 Å². The Morgan fingerprint density at radius 2 is 1.72 bits per heavy atom. The van der Waals surface area contributed by atoms with Gasteiger partial charge >= 0.3 is 0 Å². The highest BCUT2D eigenvalue weighted by Gasteiger charge is 2.64. The summed E-state index contributed by atoms with van der Waals surface area (Å²) in [7, 11) is 0. The van der Waals surface area contributed by atoms with Crippen LogP contribution >= 0.6 is 22.9 Å². The highest BCUT2D eigenvalue weighted by atomic mass is 35.5. The Labute approximate surface area is 414 Å². The molecule has 0 spiro atoms. The molecule has 0 radical (unpaired) electrons. The lowest BCUT2D eigenvalue weighted by Crippen LogP contribution is -2.74. The SMILES string of the molecule is Cc1ncsc1-c1ccc([C@H](C)CC(=O)[C@@H]2C[C@@H](O)CN2C(=O)C(c2cc(CCN3CCN(c4ccc(C(=O)N[C@H]5C(C)(C)[C@H](Oc6ccc(C#N)c(Cl)c6)C5(C)C)cn4)CC3)no2)C(C)C)cc1. The summed E-state index contributed by atoms with van der Waals surface area (Å²) in [5.74, 6) is 0.550. The van der Waals surface area contributed by atoms with Gasteiger partial charge in [0.15, 0.2) is 5.78 Å². The summed E-state index contributed by atoms with van der Waals surface area (Å²) in [4.78, 5) is 58.0. The molecule has 2 aromatic carbocycles. The van der Waals surface area contributed by atoms with E-state index in [-0.39, 0.29) is 71.8 Å². The zero-order valence-corrected chi connectivity index (χ0v) is 42.3. The summed E-state index contributed by atoms with van der Waals surface area (Å²) in [5, 5.41) is 28.0. The summed E-state index contributed by atoms with van der Waals surface area (Å²) in [5.41, 5.74) is 5.83. The quantitative estimate of drug-likeness (QED) is 0.0966. The zero-order chi connectivity index (χ0) is 49.4. The number of Topliss-reactive ketones (excluding diaryl/α,β-unsaturated/α-hetero) is 1. The largest absolute Gasteiger partial charge is 0.489 e. The zero-order valence-electron chi connectivity index (χ0n) is 40.7. The average Bonchev–Trinajstić information content (AvgIpc) is 4.09. The van der Waals surface area contributed by atoms with Gasteiger partial charge in [-0.15, -0.1) is 11.3 Å². The molecule has 16 heteroatoms. The molecule has 8 rings (SSSR count). The number of nitriles is 1. The number of β-amino-alcohol motifs (C(OH)–C–C–N with tert-alkyl or cyclic N) is 1. The van der Waals surface area contributed by atoms with Gasteiger partial charge in [0.1, 0.15) is 35.4 Å². The van der Waals surface area contributed by atoms with Gasteiger partial charge in [-0.1, -0.05) is 89.5 Å². The van der Waals surface area contributed by atoms with Crippen LogP contribution in [0.5, 0.6) is 5.75 Å². The lowest BCUT2D eigenvalue weighted by Gasteiger charge is -2.63. The van der Waals surface area contributed by atoms with E-state index in [1.165, 1.54) is 0 Å². The maximum atomic E-state index is 14.3. The van der Waals surface area contributed by atoms with E-state index < -0.39 is 18.1 Å². The van der Waals surface area contributed by atoms with Crippen LogP contribution in [-0.2, 0) is 16.0 Å². The number of thiazole rings is 1. The molecule has 364 valence electrons. The third kappa shape index (κ3) is 10.5. The van der Waals surface area contributed by atoms with Crippen LogP contribution in [0.1, 0.15) is 112 Å². The number of anilines is 1. The molecule has 5 heterocycles. The number of benzene rings is 2. The lowest BCUT2D eigenvalue weighted by atomic mass is 9.49. The standard InChI is InChI=1S/C53H63ClN8O6S/c1-31(2)46(49(66)62-29-39(63)25-42(62)43(64)23-32(3)34-9-11-35(12-10-34)47-33(4)57-30-69-47)44-24-38(59-68-44)17-18-60-19-21-61(22-20-60)45-16-14-37(28-56-45)48(65)58-50-52(5,6)51(53(50,7)8)67-40-15-13-36(27-55)41(54)26-40/h9-16,24,26,28,30-32,39,42,46,50-51,63H,17-23,25,29H2,1-8H3,(H,58,65)/t32-,39-,42+,46?,50-,51-/m1/s1. The summed E-state index contributed by atoms with van der Waals surface area (Å²) >= 11 is 7.87. The van der Waals surface area contributed by atoms with E-state index in [1.807, 2.05) is 51.4 Å². The van der Waals surface area contributed by atoms with E-state index in [4.69, 9.17) is 20.9 Å². The van der Waals surface area contributed by atoms with Crippen molar-refractivity contribution in [3.05, 3.63) is 111 Å². The van der Waals surface area contributed by atoms with Crippen LogP contribution in [0, 0.1) is 35.0 Å². The Bertz CT molecular complexity index is 2670. The number of halogens is 1. The second kappa shape index (κ2) is 20.4. The van der Waals surface area contributed by atoms with Crippen LogP contribution in [0.25, 0.3) is 10.4 Å². The molecule has 2 N–H and O–H groups in total. The van der Waals surface area contributed by atoms with Gasteiger partial charge in [0.05, 0.1) is 50.1 Å². The fourth-order valence-electron chi connectivity index (χ4n) is 11.0. The number of amides is 2. The lowest BCUT2D eigenvalue weighted by molar-refractivity contribution is -0.164. The third-order valence-electron chi connectivity index (χ3n) is 14.6. The number of likely N-dealkylation sites (tertiary alicyclic amines) is 1. The van der Waals surface area contributed by atoms with E-state index in [0.29, 0.717) is 34.1 Å². The average molecular weight is 976 g/mol. The topological polar surface area (TPSA) is 178 Å². The predicted molar refractivity (Wildman–Crippen MR) is 267 cm³/mol. The Hall–Kier alpha value is -5.66. The number of ketones is 1. The van der Waals surface area contributed by atoms with Crippen LogP contribution < -0.4 is 15.0 Å². The van der Waals surface area contributed by atoms with Gasteiger partial charge in [0.25, 0.3) is 5.91 Å². The van der Waals surface area contributed by atoms with Crippen molar-refractivity contribution in [3.63, 3.8) is 0 Å². The van der Waals surface area contributed by atoms with Gasteiger partial charge in [-0.3, -0.25) is 19.3 Å². The minimum Gasteiger partial charge on any atom is -0.489 e. The van der Waals surface area contributed by atoms with Crippen molar-refractivity contribution in [2.24, 2.45) is 16.7 Å². The van der Waals surface area contributed by atoms with Crippen molar-refractivity contribution >= 4 is 46.4 Å². The fraction of sp³-hybridized carbons (Fsp3) is 0.491. The number of aliphatic hydroxyl groups excluding tert-OH is 1. The predicted octanol–water partition coefficient (Wildman–Crippen LogP) is 8.47. The highest BCUT2D eigenvalue weighted by molar-refractivity contribution is 7.13. The molecule has 4 atom stereocenters. The second-order valence-corrected chi connectivity index (χ2v) is 21.8. The molecule has 69 heavy (non-hydrogen) atoms. The second-order valence-electron chi connectivity index (χ2n) is 20.6. The number of hydrogen-bond donors (Lipinski definition) is 2. The Morgan fingerprint density at radius 1 is 1.00 bits per heavy atom. The Morgan fingerprint density at radius 3 is 2.35 bits per heavy atom.